The van der Waals surface area contributed by atoms with E-state index in [-0.39, 0.29) is 22.7 Å². The maximum absolute atomic E-state index is 14.0. The predicted octanol–water partition coefficient (Wildman–Crippen LogP) is 6.42. The molecule has 3 heterocycles. The molecule has 240 valence electrons. The zero-order valence-electron chi connectivity index (χ0n) is 25.1. The number of piperidine rings is 1. The molecule has 1 amide bonds. The SMILES string of the molecule is O=C(Nc1ccc(N2CCCCC2)cc1C(=O)c1cnn(-c2ccc(Cl)c(C(F)(F)F)c2)c1)c1cccc(CN2CCNCC2)c1. The van der Waals surface area contributed by atoms with E-state index in [9.17, 15) is 22.8 Å². The highest BCUT2D eigenvalue weighted by Crippen LogP contribution is 2.36. The molecule has 2 saturated heterocycles. The number of nitrogens with zero attached hydrogens (tertiary/aromatic N) is 4. The van der Waals surface area contributed by atoms with Crippen molar-refractivity contribution in [1.29, 1.82) is 0 Å². The Balaban J connectivity index is 1.28. The van der Waals surface area contributed by atoms with Crippen molar-refractivity contribution in [3.8, 4) is 5.69 Å². The van der Waals surface area contributed by atoms with Gasteiger partial charge in [0.05, 0.1) is 33.7 Å². The molecule has 0 atom stereocenters. The van der Waals surface area contributed by atoms with Gasteiger partial charge in [-0.3, -0.25) is 14.5 Å². The number of anilines is 2. The van der Waals surface area contributed by atoms with Crippen LogP contribution in [0.3, 0.4) is 0 Å². The zero-order valence-corrected chi connectivity index (χ0v) is 25.9. The van der Waals surface area contributed by atoms with Gasteiger partial charge in [-0.1, -0.05) is 23.7 Å². The smallest absolute Gasteiger partial charge is 0.372 e. The molecule has 2 aliphatic heterocycles. The number of aromatic nitrogens is 2. The van der Waals surface area contributed by atoms with E-state index < -0.39 is 22.5 Å². The third-order valence-electron chi connectivity index (χ3n) is 8.39. The van der Waals surface area contributed by atoms with Gasteiger partial charge in [0.1, 0.15) is 0 Å². The Labute approximate surface area is 270 Å². The van der Waals surface area contributed by atoms with E-state index in [1.54, 1.807) is 18.2 Å². The highest BCUT2D eigenvalue weighted by Gasteiger charge is 2.33. The van der Waals surface area contributed by atoms with Crippen molar-refractivity contribution in [3.63, 3.8) is 0 Å². The standard InChI is InChI=1S/C34H34ClF3N6O2/c35-30-9-7-27(19-29(30)34(36,37)38)44-22-25(20-40-44)32(45)28-18-26(43-13-2-1-3-14-43)8-10-31(28)41-33(46)24-6-4-5-23(17-24)21-42-15-11-39-12-16-42/h4-10,17-20,22,39H,1-3,11-16,21H2,(H,41,46). The average Bonchev–Trinajstić information content (AvgIpc) is 3.56. The van der Waals surface area contributed by atoms with Gasteiger partial charge in [0.25, 0.3) is 5.91 Å². The quantitative estimate of drug-likeness (QED) is 0.214. The summed E-state index contributed by atoms with van der Waals surface area (Å²) in [6, 6.07) is 16.3. The molecule has 46 heavy (non-hydrogen) atoms. The Kier molecular flexibility index (Phi) is 9.44. The third-order valence-corrected chi connectivity index (χ3v) is 8.72. The van der Waals surface area contributed by atoms with Gasteiger partial charge >= 0.3 is 6.18 Å². The van der Waals surface area contributed by atoms with Crippen molar-refractivity contribution >= 4 is 34.7 Å². The minimum absolute atomic E-state index is 0.104. The molecule has 0 unspecified atom stereocenters. The fraction of sp³-hybridized carbons (Fsp3) is 0.324. The Morgan fingerprint density at radius 1 is 0.891 bits per heavy atom. The van der Waals surface area contributed by atoms with Gasteiger partial charge in [0.2, 0.25) is 0 Å². The lowest BCUT2D eigenvalue weighted by Gasteiger charge is -2.29. The number of carbonyl (C=O) groups is 2. The van der Waals surface area contributed by atoms with Gasteiger partial charge in [-0.25, -0.2) is 4.68 Å². The number of ketones is 1. The molecule has 1 aromatic heterocycles. The van der Waals surface area contributed by atoms with Gasteiger partial charge in [-0.2, -0.15) is 18.3 Å². The molecule has 2 N–H and O–H groups in total. The highest BCUT2D eigenvalue weighted by atomic mass is 35.5. The van der Waals surface area contributed by atoms with E-state index in [0.717, 1.165) is 88.5 Å². The van der Waals surface area contributed by atoms with Crippen LogP contribution >= 0.6 is 11.6 Å². The van der Waals surface area contributed by atoms with Crippen molar-refractivity contribution in [1.82, 2.24) is 20.0 Å². The molecule has 2 fully saturated rings. The number of carbonyl (C=O) groups excluding carboxylic acids is 2. The topological polar surface area (TPSA) is 82.5 Å². The number of amides is 1. The number of alkyl halides is 3. The summed E-state index contributed by atoms with van der Waals surface area (Å²) in [5.41, 5.74) is 2.23. The summed E-state index contributed by atoms with van der Waals surface area (Å²) in [5.74, 6) is -0.767. The summed E-state index contributed by atoms with van der Waals surface area (Å²) < 4.78 is 41.6. The minimum Gasteiger partial charge on any atom is -0.372 e. The molecule has 0 radical (unpaired) electrons. The summed E-state index contributed by atoms with van der Waals surface area (Å²) >= 11 is 5.79. The molecular formula is C34H34ClF3N6O2. The summed E-state index contributed by atoms with van der Waals surface area (Å²) in [6.45, 7) is 6.17. The number of nitrogens with one attached hydrogen (secondary N) is 2. The van der Waals surface area contributed by atoms with Crippen LogP contribution in [0.2, 0.25) is 5.02 Å². The number of hydrogen-bond donors (Lipinski definition) is 2. The van der Waals surface area contributed by atoms with E-state index >= 15 is 0 Å². The van der Waals surface area contributed by atoms with Crippen LogP contribution in [0.4, 0.5) is 24.5 Å². The van der Waals surface area contributed by atoms with E-state index in [1.165, 1.54) is 23.1 Å². The number of piperazine rings is 1. The summed E-state index contributed by atoms with van der Waals surface area (Å²) in [5, 5.41) is 10.0. The first-order chi connectivity index (χ1) is 22.2. The third kappa shape index (κ3) is 7.27. The maximum Gasteiger partial charge on any atom is 0.417 e. The van der Waals surface area contributed by atoms with Crippen molar-refractivity contribution in [2.45, 2.75) is 32.0 Å². The molecule has 0 aliphatic carbocycles. The first kappa shape index (κ1) is 31.8. The van der Waals surface area contributed by atoms with Gasteiger partial charge < -0.3 is 15.5 Å². The Bertz CT molecular complexity index is 1730. The molecule has 3 aromatic carbocycles. The largest absolute Gasteiger partial charge is 0.417 e. The van der Waals surface area contributed by atoms with Gasteiger partial charge in [-0.05, 0) is 73.4 Å². The summed E-state index contributed by atoms with van der Waals surface area (Å²) in [4.78, 5) is 32.0. The molecule has 12 heteroatoms. The Morgan fingerprint density at radius 3 is 2.41 bits per heavy atom. The van der Waals surface area contributed by atoms with E-state index in [1.807, 2.05) is 24.3 Å². The van der Waals surface area contributed by atoms with Gasteiger partial charge in [-0.15, -0.1) is 0 Å². The van der Waals surface area contributed by atoms with E-state index in [0.29, 0.717) is 11.3 Å². The number of halogens is 4. The van der Waals surface area contributed by atoms with Crippen LogP contribution in [0.25, 0.3) is 5.69 Å². The van der Waals surface area contributed by atoms with Crippen LogP contribution in [-0.2, 0) is 12.7 Å². The Morgan fingerprint density at radius 2 is 1.65 bits per heavy atom. The zero-order chi connectivity index (χ0) is 32.3. The fourth-order valence-electron chi connectivity index (χ4n) is 5.92. The monoisotopic (exact) mass is 650 g/mol. The van der Waals surface area contributed by atoms with E-state index in [2.05, 4.69) is 25.5 Å². The number of rotatable bonds is 8. The molecule has 6 rings (SSSR count). The van der Waals surface area contributed by atoms with Crippen LogP contribution in [-0.4, -0.2) is 65.6 Å². The molecule has 2 aliphatic rings. The van der Waals surface area contributed by atoms with Crippen LogP contribution in [0.15, 0.2) is 73.1 Å². The second kappa shape index (κ2) is 13.7. The Hall–Kier alpha value is -4.19. The molecule has 0 saturated carbocycles. The lowest BCUT2D eigenvalue weighted by Crippen LogP contribution is -2.42. The first-order valence-electron chi connectivity index (χ1n) is 15.3. The molecule has 8 nitrogen and oxygen atoms in total. The van der Waals surface area contributed by atoms with Crippen LogP contribution < -0.4 is 15.5 Å². The van der Waals surface area contributed by atoms with Crippen LogP contribution in [0.5, 0.6) is 0 Å². The normalized spacial score (nSPS) is 16.0. The van der Waals surface area contributed by atoms with Crippen LogP contribution in [0, 0.1) is 0 Å². The molecule has 4 aromatic rings. The van der Waals surface area contributed by atoms with Crippen LogP contribution in [0.1, 0.15) is 56.7 Å². The second-order valence-corrected chi connectivity index (χ2v) is 12.0. The fourth-order valence-corrected chi connectivity index (χ4v) is 6.15. The van der Waals surface area contributed by atoms with Crippen molar-refractivity contribution < 1.29 is 22.8 Å². The predicted molar refractivity (Wildman–Crippen MR) is 172 cm³/mol. The summed E-state index contributed by atoms with van der Waals surface area (Å²) in [6.07, 6.45) is 1.27. The molecule has 0 bridgehead atoms. The van der Waals surface area contributed by atoms with Gasteiger partial charge in [0, 0.05) is 68.8 Å². The molecule has 0 spiro atoms. The minimum atomic E-state index is -4.65. The lowest BCUT2D eigenvalue weighted by atomic mass is 10.0. The maximum atomic E-state index is 14.0. The first-order valence-corrected chi connectivity index (χ1v) is 15.7. The average molecular weight is 651 g/mol. The van der Waals surface area contributed by atoms with Gasteiger partial charge in [0.15, 0.2) is 5.78 Å². The highest BCUT2D eigenvalue weighted by molar-refractivity contribution is 6.31. The van der Waals surface area contributed by atoms with Crippen molar-refractivity contribution in [3.05, 3.63) is 106 Å². The van der Waals surface area contributed by atoms with Crippen molar-refractivity contribution in [2.24, 2.45) is 0 Å². The van der Waals surface area contributed by atoms with E-state index in [4.69, 9.17) is 11.6 Å². The molecular weight excluding hydrogens is 617 g/mol. The number of benzene rings is 3. The van der Waals surface area contributed by atoms with Crippen molar-refractivity contribution in [2.75, 3.05) is 49.5 Å². The lowest BCUT2D eigenvalue weighted by molar-refractivity contribution is -0.137. The second-order valence-electron chi connectivity index (χ2n) is 11.6. The number of hydrogen-bond acceptors (Lipinski definition) is 6. The summed E-state index contributed by atoms with van der Waals surface area (Å²) in [7, 11) is 0.